The zero-order chi connectivity index (χ0) is 14.4. The molecule has 1 atom stereocenters. The van der Waals surface area contributed by atoms with E-state index in [2.05, 4.69) is 4.90 Å². The summed E-state index contributed by atoms with van der Waals surface area (Å²) in [4.78, 5) is 2.17. The van der Waals surface area contributed by atoms with Crippen LogP contribution in [0, 0.1) is 0 Å². The highest BCUT2D eigenvalue weighted by atomic mass is 16.5. The van der Waals surface area contributed by atoms with Crippen molar-refractivity contribution in [2.75, 3.05) is 40.0 Å². The molecular formula is C15H21NO4. The lowest BCUT2D eigenvalue weighted by atomic mass is 10.1. The average molecular weight is 279 g/mol. The molecular weight excluding hydrogens is 258 g/mol. The summed E-state index contributed by atoms with van der Waals surface area (Å²) in [6, 6.07) is 5.14. The number of aromatic hydroxyl groups is 1. The third-order valence-electron chi connectivity index (χ3n) is 3.26. The molecule has 1 unspecified atom stereocenters. The van der Waals surface area contributed by atoms with Crippen LogP contribution in [0.5, 0.6) is 11.5 Å². The van der Waals surface area contributed by atoms with Gasteiger partial charge in [0.25, 0.3) is 0 Å². The molecule has 1 saturated heterocycles. The molecule has 0 aliphatic carbocycles. The second kappa shape index (κ2) is 7.28. The lowest BCUT2D eigenvalue weighted by Gasteiger charge is -2.27. The first-order chi connectivity index (χ1) is 9.69. The molecule has 1 aromatic rings. The van der Waals surface area contributed by atoms with Crippen molar-refractivity contribution in [2.24, 2.45) is 0 Å². The van der Waals surface area contributed by atoms with Crippen molar-refractivity contribution < 1.29 is 19.7 Å². The highest BCUT2D eigenvalue weighted by Crippen LogP contribution is 2.26. The van der Waals surface area contributed by atoms with E-state index in [-0.39, 0.29) is 5.75 Å². The van der Waals surface area contributed by atoms with E-state index in [0.717, 1.165) is 31.9 Å². The predicted octanol–water partition coefficient (Wildman–Crippen LogP) is 1.11. The molecule has 1 fully saturated rings. The second-order valence-corrected chi connectivity index (χ2v) is 4.77. The molecule has 5 heteroatoms. The van der Waals surface area contributed by atoms with Gasteiger partial charge < -0.3 is 19.7 Å². The van der Waals surface area contributed by atoms with Gasteiger partial charge in [-0.25, -0.2) is 0 Å². The topological polar surface area (TPSA) is 62.2 Å². The number of methoxy groups -OCH3 is 1. The Morgan fingerprint density at radius 1 is 1.40 bits per heavy atom. The van der Waals surface area contributed by atoms with E-state index in [1.54, 1.807) is 24.3 Å². The van der Waals surface area contributed by atoms with E-state index in [4.69, 9.17) is 9.47 Å². The Morgan fingerprint density at radius 2 is 2.15 bits per heavy atom. The third-order valence-corrected chi connectivity index (χ3v) is 3.26. The summed E-state index contributed by atoms with van der Waals surface area (Å²) >= 11 is 0. The van der Waals surface area contributed by atoms with Crippen molar-refractivity contribution in [3.63, 3.8) is 0 Å². The second-order valence-electron chi connectivity index (χ2n) is 4.77. The fourth-order valence-corrected chi connectivity index (χ4v) is 2.14. The molecule has 2 rings (SSSR count). The molecule has 0 saturated carbocycles. The van der Waals surface area contributed by atoms with E-state index in [1.165, 1.54) is 7.11 Å². The van der Waals surface area contributed by atoms with Crippen molar-refractivity contribution in [3.05, 3.63) is 29.8 Å². The molecule has 20 heavy (non-hydrogen) atoms. The number of phenolic OH excluding ortho intramolecular Hbond substituents is 1. The summed E-state index contributed by atoms with van der Waals surface area (Å²) in [5.41, 5.74) is 0.823. The lowest BCUT2D eigenvalue weighted by molar-refractivity contribution is 0.0223. The summed E-state index contributed by atoms with van der Waals surface area (Å²) in [5.74, 6) is 0.535. The van der Waals surface area contributed by atoms with Crippen molar-refractivity contribution in [1.82, 2.24) is 4.90 Å². The molecule has 1 aliphatic heterocycles. The quantitative estimate of drug-likeness (QED) is 0.845. The Hall–Kier alpha value is -1.56. The minimum atomic E-state index is -0.530. The normalized spacial score (nSPS) is 18.3. The number of rotatable bonds is 5. The van der Waals surface area contributed by atoms with Crippen LogP contribution in [0.4, 0.5) is 0 Å². The number of nitrogens with zero attached hydrogens (tertiary/aromatic N) is 1. The smallest absolute Gasteiger partial charge is 0.160 e. The van der Waals surface area contributed by atoms with Crippen molar-refractivity contribution in [2.45, 2.75) is 6.10 Å². The number of benzene rings is 1. The number of aliphatic hydroxyl groups is 1. The number of phenols is 1. The Bertz CT molecular complexity index is 455. The molecule has 0 radical (unpaired) electrons. The van der Waals surface area contributed by atoms with Crippen LogP contribution in [0.3, 0.4) is 0 Å². The maximum Gasteiger partial charge on any atom is 0.160 e. The van der Waals surface area contributed by atoms with Gasteiger partial charge in [0.15, 0.2) is 11.5 Å². The van der Waals surface area contributed by atoms with Gasteiger partial charge in [-0.05, 0) is 17.7 Å². The highest BCUT2D eigenvalue weighted by molar-refractivity contribution is 5.55. The van der Waals surface area contributed by atoms with Gasteiger partial charge in [-0.2, -0.15) is 0 Å². The average Bonchev–Trinajstić information content (AvgIpc) is 2.46. The molecule has 5 nitrogen and oxygen atoms in total. The molecule has 0 amide bonds. The summed E-state index contributed by atoms with van der Waals surface area (Å²) in [5, 5.41) is 19.7. The van der Waals surface area contributed by atoms with Crippen LogP contribution in [-0.2, 0) is 4.74 Å². The Kier molecular flexibility index (Phi) is 5.40. The highest BCUT2D eigenvalue weighted by Gasteiger charge is 2.12. The Labute approximate surface area is 119 Å². The first kappa shape index (κ1) is 14.8. The minimum absolute atomic E-state index is 0.0947. The number of morpholine rings is 1. The van der Waals surface area contributed by atoms with Gasteiger partial charge in [-0.1, -0.05) is 18.2 Å². The predicted molar refractivity (Wildman–Crippen MR) is 77.0 cm³/mol. The molecule has 1 aromatic carbocycles. The van der Waals surface area contributed by atoms with Crippen LogP contribution < -0.4 is 4.74 Å². The van der Waals surface area contributed by atoms with Crippen molar-refractivity contribution in [3.8, 4) is 11.5 Å². The zero-order valence-electron chi connectivity index (χ0n) is 11.7. The molecule has 0 bridgehead atoms. The first-order valence-corrected chi connectivity index (χ1v) is 6.72. The van der Waals surface area contributed by atoms with Gasteiger partial charge >= 0.3 is 0 Å². The van der Waals surface area contributed by atoms with Gasteiger partial charge in [-0.3, -0.25) is 4.90 Å². The molecule has 110 valence electrons. The van der Waals surface area contributed by atoms with E-state index in [0.29, 0.717) is 12.3 Å². The van der Waals surface area contributed by atoms with Gasteiger partial charge in [0.05, 0.1) is 26.4 Å². The van der Waals surface area contributed by atoms with Gasteiger partial charge in [0, 0.05) is 19.6 Å². The minimum Gasteiger partial charge on any atom is -0.504 e. The maximum absolute atomic E-state index is 9.98. The van der Waals surface area contributed by atoms with Crippen molar-refractivity contribution >= 4 is 6.08 Å². The van der Waals surface area contributed by atoms with Crippen LogP contribution in [0.25, 0.3) is 6.08 Å². The number of β-amino-alcohol motifs (C(OH)–C–C–N with tert-alkyl or cyclic N) is 1. The van der Waals surface area contributed by atoms with Crippen LogP contribution in [-0.4, -0.2) is 61.2 Å². The molecule has 1 heterocycles. The van der Waals surface area contributed by atoms with Gasteiger partial charge in [0.1, 0.15) is 0 Å². The first-order valence-electron chi connectivity index (χ1n) is 6.72. The van der Waals surface area contributed by atoms with E-state index >= 15 is 0 Å². The number of ether oxygens (including phenoxy) is 2. The summed E-state index contributed by atoms with van der Waals surface area (Å²) in [6.45, 7) is 3.76. The molecule has 0 aromatic heterocycles. The largest absolute Gasteiger partial charge is 0.504 e. The summed E-state index contributed by atoms with van der Waals surface area (Å²) in [7, 11) is 1.51. The number of aliphatic hydroxyl groups excluding tert-OH is 1. The van der Waals surface area contributed by atoms with Crippen LogP contribution in [0.15, 0.2) is 24.3 Å². The molecule has 1 aliphatic rings. The lowest BCUT2D eigenvalue weighted by Crippen LogP contribution is -2.40. The Balaban J connectivity index is 1.89. The monoisotopic (exact) mass is 279 g/mol. The van der Waals surface area contributed by atoms with E-state index in [9.17, 15) is 10.2 Å². The van der Waals surface area contributed by atoms with E-state index in [1.807, 2.05) is 6.07 Å². The SMILES string of the molecule is COc1ccc(/C=C/C(O)CN2CCOCC2)cc1O. The van der Waals surface area contributed by atoms with Crippen LogP contribution in [0.2, 0.25) is 0 Å². The third kappa shape index (κ3) is 4.23. The fourth-order valence-electron chi connectivity index (χ4n) is 2.14. The van der Waals surface area contributed by atoms with Crippen molar-refractivity contribution in [1.29, 1.82) is 0 Å². The van der Waals surface area contributed by atoms with Gasteiger partial charge in [-0.15, -0.1) is 0 Å². The summed E-state index contributed by atoms with van der Waals surface area (Å²) < 4.78 is 10.2. The molecule has 2 N–H and O–H groups in total. The standard InChI is InChI=1S/C15H21NO4/c1-19-15-5-3-12(10-14(15)18)2-4-13(17)11-16-6-8-20-9-7-16/h2-5,10,13,17-18H,6-9,11H2,1H3/b4-2+. The summed E-state index contributed by atoms with van der Waals surface area (Å²) in [6.07, 6.45) is 3.00. The Morgan fingerprint density at radius 3 is 2.80 bits per heavy atom. The van der Waals surface area contributed by atoms with Gasteiger partial charge in [0.2, 0.25) is 0 Å². The maximum atomic E-state index is 9.98. The number of hydrogen-bond donors (Lipinski definition) is 2. The van der Waals surface area contributed by atoms with Crippen LogP contribution >= 0.6 is 0 Å². The van der Waals surface area contributed by atoms with Crippen LogP contribution in [0.1, 0.15) is 5.56 Å². The number of hydrogen-bond acceptors (Lipinski definition) is 5. The van der Waals surface area contributed by atoms with E-state index < -0.39 is 6.10 Å². The fraction of sp³-hybridized carbons (Fsp3) is 0.467. The zero-order valence-corrected chi connectivity index (χ0v) is 11.7. The molecule has 0 spiro atoms.